The number of hydrogen-bond acceptors (Lipinski definition) is 3. The summed E-state index contributed by atoms with van der Waals surface area (Å²) in [6.45, 7) is 2.40. The lowest BCUT2D eigenvalue weighted by Gasteiger charge is -2.46. The monoisotopic (exact) mass is 368 g/mol. The molecule has 2 aliphatic rings. The van der Waals surface area contributed by atoms with Crippen molar-refractivity contribution in [1.82, 2.24) is 10.3 Å². The van der Waals surface area contributed by atoms with E-state index in [9.17, 15) is 4.39 Å². The van der Waals surface area contributed by atoms with E-state index in [0.717, 1.165) is 38.0 Å². The summed E-state index contributed by atoms with van der Waals surface area (Å²) in [6.07, 6.45) is 9.94. The van der Waals surface area contributed by atoms with Gasteiger partial charge in [-0.25, -0.2) is 4.39 Å². The summed E-state index contributed by atoms with van der Waals surface area (Å²) >= 11 is 0. The summed E-state index contributed by atoms with van der Waals surface area (Å²) in [6, 6.07) is 13.1. The molecule has 27 heavy (non-hydrogen) atoms. The molecule has 0 bridgehead atoms. The fourth-order valence-electron chi connectivity index (χ4n) is 5.00. The van der Waals surface area contributed by atoms with Crippen LogP contribution in [0, 0.1) is 5.82 Å². The minimum absolute atomic E-state index is 0.0539. The third-order valence-corrected chi connectivity index (χ3v) is 6.37. The van der Waals surface area contributed by atoms with E-state index in [1.165, 1.54) is 37.4 Å². The molecule has 1 atom stereocenters. The van der Waals surface area contributed by atoms with Crippen molar-refractivity contribution >= 4 is 0 Å². The lowest BCUT2D eigenvalue weighted by atomic mass is 9.68. The van der Waals surface area contributed by atoms with Gasteiger partial charge >= 0.3 is 0 Å². The first-order valence-electron chi connectivity index (χ1n) is 10.2. The van der Waals surface area contributed by atoms with Crippen LogP contribution in [0.5, 0.6) is 0 Å². The van der Waals surface area contributed by atoms with Gasteiger partial charge in [-0.05, 0) is 68.5 Å². The number of aromatic nitrogens is 1. The Labute approximate surface area is 161 Å². The Hall–Kier alpha value is -1.78. The summed E-state index contributed by atoms with van der Waals surface area (Å²) in [5.41, 5.74) is 2.31. The highest BCUT2D eigenvalue weighted by molar-refractivity contribution is 5.21. The lowest BCUT2D eigenvalue weighted by Crippen LogP contribution is -2.47. The molecule has 4 heteroatoms. The second-order valence-corrected chi connectivity index (χ2v) is 8.22. The van der Waals surface area contributed by atoms with Crippen LogP contribution in [0.3, 0.4) is 0 Å². The van der Waals surface area contributed by atoms with Gasteiger partial charge in [0.05, 0.1) is 5.60 Å². The predicted molar refractivity (Wildman–Crippen MR) is 105 cm³/mol. The van der Waals surface area contributed by atoms with Crippen molar-refractivity contribution < 1.29 is 9.13 Å². The van der Waals surface area contributed by atoms with Crippen molar-refractivity contribution in [2.75, 3.05) is 13.2 Å². The number of rotatable bonds is 6. The molecule has 2 fully saturated rings. The third kappa shape index (κ3) is 4.22. The molecule has 1 saturated heterocycles. The normalized spacial score (nSPS) is 24.3. The van der Waals surface area contributed by atoms with Crippen LogP contribution in [-0.4, -0.2) is 23.7 Å². The standard InChI is InChI=1S/C23H29FN2O/c24-20-7-5-6-19(16-20)17-25-14-11-22(21-8-1-4-13-26-21)12-15-27-23(18-22)9-2-3-10-23/h1,4-8,13,16,25H,2-3,9-12,14-15,17-18H2/t22-/m1/s1. The first-order valence-corrected chi connectivity index (χ1v) is 10.2. The Kier molecular flexibility index (Phi) is 5.55. The van der Waals surface area contributed by atoms with Crippen LogP contribution in [0.2, 0.25) is 0 Å². The van der Waals surface area contributed by atoms with Gasteiger partial charge in [-0.1, -0.05) is 31.0 Å². The number of benzene rings is 1. The Morgan fingerprint density at radius 2 is 1.96 bits per heavy atom. The zero-order valence-electron chi connectivity index (χ0n) is 15.9. The quantitative estimate of drug-likeness (QED) is 0.747. The van der Waals surface area contributed by atoms with E-state index < -0.39 is 0 Å². The molecule has 1 saturated carbocycles. The van der Waals surface area contributed by atoms with Gasteiger partial charge in [0.15, 0.2) is 0 Å². The van der Waals surface area contributed by atoms with Gasteiger partial charge in [-0.3, -0.25) is 4.98 Å². The van der Waals surface area contributed by atoms with Crippen molar-refractivity contribution in [1.29, 1.82) is 0 Å². The Morgan fingerprint density at radius 3 is 2.74 bits per heavy atom. The molecule has 1 aliphatic heterocycles. The Morgan fingerprint density at radius 1 is 1.07 bits per heavy atom. The number of ether oxygens (including phenoxy) is 1. The maximum atomic E-state index is 13.4. The average molecular weight is 368 g/mol. The first-order chi connectivity index (χ1) is 13.2. The van der Waals surface area contributed by atoms with Crippen molar-refractivity contribution in [3.05, 3.63) is 65.7 Å². The van der Waals surface area contributed by atoms with Crippen LogP contribution < -0.4 is 5.32 Å². The van der Waals surface area contributed by atoms with E-state index in [1.807, 2.05) is 18.3 Å². The number of pyridine rings is 1. The van der Waals surface area contributed by atoms with Crippen LogP contribution in [0.4, 0.5) is 4.39 Å². The minimum Gasteiger partial charge on any atom is -0.375 e. The number of halogens is 1. The van der Waals surface area contributed by atoms with E-state index in [0.29, 0.717) is 6.54 Å². The summed E-state index contributed by atoms with van der Waals surface area (Å²) < 4.78 is 19.7. The summed E-state index contributed by atoms with van der Waals surface area (Å²) in [4.78, 5) is 4.74. The molecule has 0 unspecified atom stereocenters. The van der Waals surface area contributed by atoms with Crippen molar-refractivity contribution in [3.63, 3.8) is 0 Å². The van der Waals surface area contributed by atoms with E-state index in [2.05, 4.69) is 17.4 Å². The predicted octanol–water partition coefficient (Wildman–Crippen LogP) is 4.76. The molecule has 144 valence electrons. The minimum atomic E-state index is -0.174. The molecule has 1 aliphatic carbocycles. The molecule has 1 aromatic carbocycles. The molecular weight excluding hydrogens is 339 g/mol. The fourth-order valence-corrected chi connectivity index (χ4v) is 5.00. The van der Waals surface area contributed by atoms with Gasteiger partial charge in [-0.15, -0.1) is 0 Å². The molecule has 1 N–H and O–H groups in total. The second-order valence-electron chi connectivity index (χ2n) is 8.22. The van der Waals surface area contributed by atoms with Crippen LogP contribution in [0.1, 0.15) is 56.2 Å². The maximum absolute atomic E-state index is 13.4. The zero-order chi connectivity index (χ0) is 18.6. The van der Waals surface area contributed by atoms with E-state index in [-0.39, 0.29) is 16.8 Å². The highest BCUT2D eigenvalue weighted by atomic mass is 19.1. The maximum Gasteiger partial charge on any atom is 0.123 e. The highest BCUT2D eigenvalue weighted by Gasteiger charge is 2.48. The first kappa shape index (κ1) is 18.6. The molecule has 0 radical (unpaired) electrons. The molecule has 1 aromatic heterocycles. The fraction of sp³-hybridized carbons (Fsp3) is 0.522. The van der Waals surface area contributed by atoms with Gasteiger partial charge in [0.25, 0.3) is 0 Å². The Balaban J connectivity index is 1.45. The molecular formula is C23H29FN2O. The van der Waals surface area contributed by atoms with Gasteiger partial charge < -0.3 is 10.1 Å². The van der Waals surface area contributed by atoms with Gasteiger partial charge in [0, 0.05) is 30.5 Å². The van der Waals surface area contributed by atoms with Crippen LogP contribution >= 0.6 is 0 Å². The third-order valence-electron chi connectivity index (χ3n) is 6.37. The van der Waals surface area contributed by atoms with Gasteiger partial charge in [0.1, 0.15) is 5.82 Å². The molecule has 0 amide bonds. The van der Waals surface area contributed by atoms with Crippen LogP contribution in [0.25, 0.3) is 0 Å². The zero-order valence-corrected chi connectivity index (χ0v) is 15.9. The average Bonchev–Trinajstić information content (AvgIpc) is 3.13. The van der Waals surface area contributed by atoms with E-state index in [4.69, 9.17) is 9.72 Å². The number of nitrogens with zero attached hydrogens (tertiary/aromatic N) is 1. The van der Waals surface area contributed by atoms with Crippen LogP contribution in [-0.2, 0) is 16.7 Å². The van der Waals surface area contributed by atoms with Crippen molar-refractivity contribution in [2.45, 2.75) is 62.5 Å². The summed E-state index contributed by atoms with van der Waals surface area (Å²) in [7, 11) is 0. The van der Waals surface area contributed by atoms with E-state index in [1.54, 1.807) is 12.1 Å². The smallest absolute Gasteiger partial charge is 0.123 e. The molecule has 2 heterocycles. The van der Waals surface area contributed by atoms with Crippen molar-refractivity contribution in [2.24, 2.45) is 0 Å². The molecule has 1 spiro atoms. The SMILES string of the molecule is Fc1cccc(CNCC[C@@]2(c3ccccn3)CCOC3(CCCC3)C2)c1. The lowest BCUT2D eigenvalue weighted by molar-refractivity contribution is -0.104. The summed E-state index contributed by atoms with van der Waals surface area (Å²) in [5, 5.41) is 3.51. The highest BCUT2D eigenvalue weighted by Crippen LogP contribution is 2.49. The van der Waals surface area contributed by atoms with Gasteiger partial charge in [-0.2, -0.15) is 0 Å². The largest absolute Gasteiger partial charge is 0.375 e. The number of hydrogen-bond donors (Lipinski definition) is 1. The van der Waals surface area contributed by atoms with Crippen LogP contribution in [0.15, 0.2) is 48.7 Å². The molecule has 3 nitrogen and oxygen atoms in total. The van der Waals surface area contributed by atoms with Crippen molar-refractivity contribution in [3.8, 4) is 0 Å². The molecule has 2 aromatic rings. The molecule has 4 rings (SSSR count). The summed E-state index contributed by atoms with van der Waals surface area (Å²) in [5.74, 6) is -0.174. The Bertz CT molecular complexity index is 745. The van der Waals surface area contributed by atoms with E-state index >= 15 is 0 Å². The topological polar surface area (TPSA) is 34.2 Å². The second kappa shape index (κ2) is 8.07. The number of nitrogens with one attached hydrogen (secondary N) is 1. The van der Waals surface area contributed by atoms with Gasteiger partial charge in [0.2, 0.25) is 0 Å².